The van der Waals surface area contributed by atoms with Crippen LogP contribution < -0.4 is 0 Å². The highest BCUT2D eigenvalue weighted by atomic mass is 28.5. The van der Waals surface area contributed by atoms with Gasteiger partial charge in [0, 0.05) is 37.8 Å². The zero-order valence-corrected chi connectivity index (χ0v) is 24.3. The van der Waals surface area contributed by atoms with E-state index in [1.165, 1.54) is 0 Å². The van der Waals surface area contributed by atoms with Crippen molar-refractivity contribution < 1.29 is 41.6 Å². The third-order valence-corrected chi connectivity index (χ3v) is 7.78. The zero-order chi connectivity index (χ0) is 29.1. The Morgan fingerprint density at radius 2 is 0.889 bits per heavy atom. The second kappa shape index (κ2) is 26.2. The fourth-order valence-corrected chi connectivity index (χ4v) is 4.52. The van der Waals surface area contributed by atoms with E-state index in [4.69, 9.17) is 21.0 Å². The lowest BCUT2D eigenvalue weighted by molar-refractivity contribution is 0.237. The molecule has 0 bridgehead atoms. The minimum Gasteiger partial charge on any atom is -0.271 e. The van der Waals surface area contributed by atoms with Crippen LogP contribution in [0.3, 0.4) is 0 Å². The molecular formula is C18H30F10N4Si4. The summed E-state index contributed by atoms with van der Waals surface area (Å²) < 4.78 is 115. The topological polar surface area (TPSA) is 95.2 Å². The van der Waals surface area contributed by atoms with Gasteiger partial charge in [-0.1, -0.05) is 6.04 Å². The first-order valence-electron chi connectivity index (χ1n) is 10.7. The fraction of sp³-hybridized carbons (Fsp3) is 0.778. The van der Waals surface area contributed by atoms with E-state index < -0.39 is 54.5 Å². The summed E-state index contributed by atoms with van der Waals surface area (Å²) in [5.41, 5.74) is 0. The first-order chi connectivity index (χ1) is 16.5. The van der Waals surface area contributed by atoms with Gasteiger partial charge in [0.05, 0.1) is 24.3 Å². The minimum absolute atomic E-state index is 0.0203. The van der Waals surface area contributed by atoms with Crippen molar-refractivity contribution >= 4 is 36.4 Å². The van der Waals surface area contributed by atoms with Crippen LogP contribution in [0, 0.1) is 45.3 Å². The second-order valence-corrected chi connectivity index (χ2v) is 15.1. The zero-order valence-electron chi connectivity index (χ0n) is 19.8. The summed E-state index contributed by atoms with van der Waals surface area (Å²) in [4.78, 5) is 0. The predicted molar refractivity (Wildman–Crippen MR) is 125 cm³/mol. The Morgan fingerprint density at radius 3 is 1.14 bits per heavy atom. The highest BCUT2D eigenvalue weighted by molar-refractivity contribution is 6.64. The molecule has 36 heavy (non-hydrogen) atoms. The van der Waals surface area contributed by atoms with Crippen molar-refractivity contribution in [1.82, 2.24) is 0 Å². The summed E-state index contributed by atoms with van der Waals surface area (Å²) >= 11 is 0. The van der Waals surface area contributed by atoms with Gasteiger partial charge in [-0.15, -0.1) is 0 Å². The van der Waals surface area contributed by atoms with Crippen molar-refractivity contribution in [2.75, 3.05) is 0 Å². The lowest BCUT2D eigenvalue weighted by Crippen LogP contribution is -2.14. The van der Waals surface area contributed by atoms with E-state index in [0.29, 0.717) is 25.3 Å². The number of nitrogens with zero attached hydrogens (tertiary/aromatic N) is 4. The van der Waals surface area contributed by atoms with Gasteiger partial charge in [-0.2, -0.15) is 21.0 Å². The largest absolute Gasteiger partial charge is 0.616 e. The average Bonchev–Trinajstić information content (AvgIpc) is 2.71. The molecule has 0 radical (unpaired) electrons. The molecule has 0 aromatic heterocycles. The molecule has 0 saturated heterocycles. The maximum absolute atomic E-state index is 12.1. The molecule has 0 aromatic rings. The van der Waals surface area contributed by atoms with E-state index >= 15 is 0 Å². The number of halogens is 10. The van der Waals surface area contributed by atoms with Gasteiger partial charge in [0.25, 0.3) is 0 Å². The molecule has 18 heteroatoms. The van der Waals surface area contributed by atoms with Crippen LogP contribution in [0.2, 0.25) is 30.7 Å². The smallest absolute Gasteiger partial charge is 0.271 e. The Bertz CT molecular complexity index is 601. The number of alkyl halides is 2. The highest BCUT2D eigenvalue weighted by Crippen LogP contribution is 2.18. The van der Waals surface area contributed by atoms with E-state index in [2.05, 4.69) is 0 Å². The van der Waals surface area contributed by atoms with E-state index in [-0.39, 0.29) is 38.1 Å². The lowest BCUT2D eigenvalue weighted by Gasteiger charge is -2.02. The third kappa shape index (κ3) is 63.6. The first kappa shape index (κ1) is 41.3. The van der Waals surface area contributed by atoms with Gasteiger partial charge in [-0.25, -0.2) is 33.4 Å². The number of rotatable bonds is 13. The Morgan fingerprint density at radius 1 is 0.583 bits per heavy atom. The maximum atomic E-state index is 12.1. The Balaban J connectivity index is -0.000000190. The van der Waals surface area contributed by atoms with Crippen molar-refractivity contribution in [3.63, 3.8) is 0 Å². The summed E-state index contributed by atoms with van der Waals surface area (Å²) in [5.74, 6) is 0. The number of hydrogen-bond acceptors (Lipinski definition) is 4. The molecule has 4 nitrogen and oxygen atoms in total. The number of unbranched alkanes of at least 4 members (excludes halogenated alkanes) is 4. The molecule has 0 aromatic carbocycles. The molecular weight excluding hydrogens is 575 g/mol. The van der Waals surface area contributed by atoms with Gasteiger partial charge >= 0.3 is 26.9 Å². The van der Waals surface area contributed by atoms with Crippen molar-refractivity contribution in [1.29, 1.82) is 21.0 Å². The lowest BCUT2D eigenvalue weighted by atomic mass is 10.4. The standard InChI is InChI=1S/2C5H9F2NSi.2C4H6F3NSi/c1-9(6,7)5-3-2-4-8;6-5(7)9-4-2-1-3-8;2*5-9(6,7)4-2-1-3-8/h2-3,5H2,1H3;5H,1-2,4,9H2;2*1-2,4H2. The molecule has 0 unspecified atom stereocenters. The predicted octanol–water partition coefficient (Wildman–Crippen LogP) is 7.68. The van der Waals surface area contributed by atoms with E-state index in [1.807, 2.05) is 12.1 Å². The van der Waals surface area contributed by atoms with Crippen LogP contribution in [-0.2, 0) is 0 Å². The third-order valence-electron chi connectivity index (χ3n) is 3.36. The molecule has 0 saturated carbocycles. The summed E-state index contributed by atoms with van der Waals surface area (Å²) in [6.07, 6.45) is 1.70. The van der Waals surface area contributed by atoms with Gasteiger partial charge in [0.1, 0.15) is 9.52 Å². The van der Waals surface area contributed by atoms with E-state index in [9.17, 15) is 41.6 Å². The minimum atomic E-state index is -5.35. The molecule has 0 heterocycles. The molecule has 0 aliphatic rings. The monoisotopic (exact) mass is 604 g/mol. The van der Waals surface area contributed by atoms with Crippen molar-refractivity contribution in [2.45, 2.75) is 88.1 Å². The Hall–Kier alpha value is -1.87. The van der Waals surface area contributed by atoms with Crippen LogP contribution in [0.4, 0.5) is 41.6 Å². The highest BCUT2D eigenvalue weighted by Gasteiger charge is 2.35. The second-order valence-electron chi connectivity index (χ2n) is 7.13. The maximum Gasteiger partial charge on any atom is 0.616 e. The molecule has 0 rings (SSSR count). The molecule has 0 amide bonds. The first-order valence-corrected chi connectivity index (χ1v) is 18.7. The van der Waals surface area contributed by atoms with E-state index in [0.717, 1.165) is 6.55 Å². The van der Waals surface area contributed by atoms with Crippen LogP contribution in [0.1, 0.15) is 51.4 Å². The van der Waals surface area contributed by atoms with E-state index in [1.54, 1.807) is 12.1 Å². The van der Waals surface area contributed by atoms with Crippen LogP contribution in [-0.4, -0.2) is 42.5 Å². The van der Waals surface area contributed by atoms with Gasteiger partial charge in [-0.05, 0) is 38.3 Å². The molecule has 0 spiro atoms. The molecule has 0 aliphatic heterocycles. The molecule has 0 fully saturated rings. The van der Waals surface area contributed by atoms with Gasteiger partial charge in [0.15, 0.2) is 0 Å². The quantitative estimate of drug-likeness (QED) is 0.0933. The van der Waals surface area contributed by atoms with Gasteiger partial charge in [0.2, 0.25) is 6.05 Å². The number of hydrogen-bond donors (Lipinski definition) is 0. The van der Waals surface area contributed by atoms with Crippen molar-refractivity contribution in [2.24, 2.45) is 0 Å². The SMILES string of the molecule is C[Si](F)(F)CCCC#N.N#CCCC[SiH2]C(F)F.N#CCCC[Si](F)(F)F.N#CCCC[Si](F)(F)F. The van der Waals surface area contributed by atoms with Crippen LogP contribution >= 0.6 is 0 Å². The summed E-state index contributed by atoms with van der Waals surface area (Å²) in [6, 6.07) is 4.15. The summed E-state index contributed by atoms with van der Waals surface area (Å²) in [7, 11) is -15.7. The molecule has 0 aliphatic carbocycles. The molecule has 208 valence electrons. The van der Waals surface area contributed by atoms with Crippen LogP contribution in [0.15, 0.2) is 0 Å². The van der Waals surface area contributed by atoms with Gasteiger partial charge in [-0.3, -0.25) is 8.22 Å². The van der Waals surface area contributed by atoms with Crippen LogP contribution in [0.5, 0.6) is 0 Å². The van der Waals surface area contributed by atoms with Gasteiger partial charge < -0.3 is 0 Å². The molecule has 0 atom stereocenters. The van der Waals surface area contributed by atoms with Crippen molar-refractivity contribution in [3.8, 4) is 24.3 Å². The average molecular weight is 605 g/mol. The fourth-order valence-electron chi connectivity index (χ4n) is 1.72. The van der Waals surface area contributed by atoms with Crippen LogP contribution in [0.25, 0.3) is 0 Å². The Kier molecular flexibility index (Phi) is 30.0. The van der Waals surface area contributed by atoms with Crippen molar-refractivity contribution in [3.05, 3.63) is 0 Å². The Labute approximate surface area is 211 Å². The number of nitriles is 4. The summed E-state index contributed by atoms with van der Waals surface area (Å²) in [5, 5.41) is 31.7. The molecule has 0 N–H and O–H groups in total. The normalized spacial score (nSPS) is 10.9. The summed E-state index contributed by atoms with van der Waals surface area (Å²) in [6.45, 7) is 1.00.